The minimum atomic E-state index is 1.06. The average Bonchev–Trinajstić information content (AvgIpc) is 3.37. The van der Waals surface area contributed by atoms with E-state index in [1.807, 2.05) is 0 Å². The van der Waals surface area contributed by atoms with Gasteiger partial charge in [-0.2, -0.15) is 0 Å². The Morgan fingerprint density at radius 3 is 0.931 bits per heavy atom. The van der Waals surface area contributed by atoms with Crippen molar-refractivity contribution < 1.29 is 0 Å². The van der Waals surface area contributed by atoms with Crippen LogP contribution in [0.4, 0.5) is 34.1 Å². The highest BCUT2D eigenvalue weighted by Crippen LogP contribution is 2.46. The first-order valence-electron chi connectivity index (χ1n) is 29.8. The normalized spacial score (nSPS) is 11.2. The lowest BCUT2D eigenvalue weighted by Crippen LogP contribution is -2.10. The van der Waals surface area contributed by atoms with Gasteiger partial charge in [-0.15, -0.1) is 0 Å². The topological polar surface area (TPSA) is 11.4 Å². The molecule has 15 rings (SSSR count). The highest BCUT2D eigenvalue weighted by molar-refractivity contribution is 6.11. The van der Waals surface area contributed by atoms with Gasteiger partial charge in [0.15, 0.2) is 0 Å². The van der Waals surface area contributed by atoms with Gasteiger partial charge in [0.25, 0.3) is 0 Å². The van der Waals surface area contributed by atoms with Gasteiger partial charge in [0.05, 0.1) is 11.0 Å². The van der Waals surface area contributed by atoms with Crippen LogP contribution in [-0.4, -0.2) is 4.57 Å². The summed E-state index contributed by atoms with van der Waals surface area (Å²) in [5.74, 6) is 0. The molecule has 410 valence electrons. The minimum Gasteiger partial charge on any atom is -0.311 e. The van der Waals surface area contributed by atoms with Crippen LogP contribution >= 0.6 is 0 Å². The molecule has 3 heteroatoms. The lowest BCUT2D eigenvalue weighted by atomic mass is 9.87. The lowest BCUT2D eigenvalue weighted by molar-refractivity contribution is 1.18. The van der Waals surface area contributed by atoms with Gasteiger partial charge in [0, 0.05) is 50.6 Å². The summed E-state index contributed by atoms with van der Waals surface area (Å²) < 4.78 is 2.39. The monoisotopic (exact) mass is 1110 g/mol. The summed E-state index contributed by atoms with van der Waals surface area (Å²) in [5.41, 5.74) is 26.2. The summed E-state index contributed by atoms with van der Waals surface area (Å²) in [5, 5.41) is 2.43. The maximum Gasteiger partial charge on any atom is 0.0541 e. The predicted octanol–water partition coefficient (Wildman–Crippen LogP) is 23.4. The van der Waals surface area contributed by atoms with Crippen molar-refractivity contribution in [1.29, 1.82) is 0 Å². The van der Waals surface area contributed by atoms with Crippen LogP contribution in [-0.2, 0) is 0 Å². The second kappa shape index (κ2) is 23.3. The Balaban J connectivity index is 0.886. The van der Waals surface area contributed by atoms with E-state index in [1.54, 1.807) is 0 Å². The van der Waals surface area contributed by atoms with E-state index in [-0.39, 0.29) is 0 Å². The van der Waals surface area contributed by atoms with Crippen molar-refractivity contribution in [2.75, 3.05) is 9.80 Å². The zero-order valence-electron chi connectivity index (χ0n) is 47.9. The second-order valence-corrected chi connectivity index (χ2v) is 22.1. The molecule has 0 amide bonds. The highest BCUT2D eigenvalue weighted by atomic mass is 15.1. The van der Waals surface area contributed by atoms with Crippen LogP contribution in [0.1, 0.15) is 0 Å². The van der Waals surface area contributed by atoms with Crippen molar-refractivity contribution in [2.24, 2.45) is 0 Å². The Morgan fingerprint density at radius 2 is 0.494 bits per heavy atom. The zero-order valence-corrected chi connectivity index (χ0v) is 47.9. The van der Waals surface area contributed by atoms with E-state index < -0.39 is 0 Å². The van der Waals surface area contributed by atoms with E-state index in [2.05, 4.69) is 372 Å². The van der Waals surface area contributed by atoms with Gasteiger partial charge in [0.2, 0.25) is 0 Å². The second-order valence-electron chi connectivity index (χ2n) is 22.1. The molecule has 0 unspecified atom stereocenters. The third-order valence-corrected chi connectivity index (χ3v) is 16.8. The molecule has 0 bridgehead atoms. The highest BCUT2D eigenvalue weighted by Gasteiger charge is 2.22. The Bertz CT molecular complexity index is 4660. The average molecular weight is 1110 g/mol. The summed E-state index contributed by atoms with van der Waals surface area (Å²) in [4.78, 5) is 4.75. The molecule has 14 aromatic carbocycles. The molecule has 0 aliphatic carbocycles. The summed E-state index contributed by atoms with van der Waals surface area (Å²) in [6, 6.07) is 130. The van der Waals surface area contributed by atoms with Crippen LogP contribution in [0, 0.1) is 0 Å². The minimum absolute atomic E-state index is 1.06. The van der Waals surface area contributed by atoms with E-state index in [4.69, 9.17) is 0 Å². The molecule has 0 radical (unpaired) electrons. The van der Waals surface area contributed by atoms with Gasteiger partial charge in [-0.25, -0.2) is 0 Å². The lowest BCUT2D eigenvalue weighted by Gasteiger charge is -2.27. The molecule has 3 nitrogen and oxygen atoms in total. The fourth-order valence-corrected chi connectivity index (χ4v) is 12.6. The molecule has 0 atom stereocenters. The predicted molar refractivity (Wildman–Crippen MR) is 368 cm³/mol. The standard InChI is InChI=1S/C84H59N3/c1-6-20-60(21-7-1)64-36-47-72(48-37-64)85(73-49-38-65(39-50-73)61-22-8-2-9-23-61)74-55-44-68(45-56-74)84-78(33-19-34-79(84)70-46-57-83-81(59-70)80-32-16-17-35-82(80)87(83)71-29-14-5-15-30-71)69-28-18-31-77(58-69)86(75-51-40-66(41-52-75)62-24-10-3-11-25-62)76-53-42-67(43-54-76)63-26-12-4-13-27-63/h1-59H. The molecule has 0 fully saturated rings. The van der Waals surface area contributed by atoms with E-state index in [1.165, 1.54) is 66.3 Å². The summed E-state index contributed by atoms with van der Waals surface area (Å²) in [7, 11) is 0. The zero-order chi connectivity index (χ0) is 57.9. The van der Waals surface area contributed by atoms with Crippen molar-refractivity contribution in [1.82, 2.24) is 4.57 Å². The maximum atomic E-state index is 2.41. The largest absolute Gasteiger partial charge is 0.311 e. The first-order chi connectivity index (χ1) is 43.1. The van der Waals surface area contributed by atoms with Gasteiger partial charge in [-0.1, -0.05) is 255 Å². The van der Waals surface area contributed by atoms with Crippen LogP contribution in [0.3, 0.4) is 0 Å². The van der Waals surface area contributed by atoms with Crippen molar-refractivity contribution in [2.45, 2.75) is 0 Å². The molecule has 0 saturated heterocycles. The quantitative estimate of drug-likeness (QED) is 0.108. The maximum absolute atomic E-state index is 2.41. The molecule has 87 heavy (non-hydrogen) atoms. The number of fused-ring (bicyclic) bond motifs is 3. The molecule has 0 aliphatic rings. The van der Waals surface area contributed by atoms with Gasteiger partial charge in [-0.05, 0) is 181 Å². The Labute approximate surface area is 508 Å². The number of para-hydroxylation sites is 2. The summed E-state index contributed by atoms with van der Waals surface area (Å²) in [6.45, 7) is 0. The van der Waals surface area contributed by atoms with Gasteiger partial charge in [-0.3, -0.25) is 0 Å². The number of benzene rings is 14. The molecule has 1 heterocycles. The molecule has 0 saturated carbocycles. The van der Waals surface area contributed by atoms with E-state index in [9.17, 15) is 0 Å². The van der Waals surface area contributed by atoms with Crippen LogP contribution in [0.5, 0.6) is 0 Å². The van der Waals surface area contributed by atoms with Crippen LogP contribution in [0.15, 0.2) is 358 Å². The molecular formula is C84H59N3. The van der Waals surface area contributed by atoms with Crippen molar-refractivity contribution >= 4 is 55.9 Å². The van der Waals surface area contributed by atoms with E-state index in [0.29, 0.717) is 0 Å². The van der Waals surface area contributed by atoms with Crippen molar-refractivity contribution in [3.63, 3.8) is 0 Å². The molecule has 15 aromatic rings. The van der Waals surface area contributed by atoms with Gasteiger partial charge >= 0.3 is 0 Å². The first kappa shape index (κ1) is 52.3. The third kappa shape index (κ3) is 10.3. The number of rotatable bonds is 14. The molecular weight excluding hydrogens is 1050 g/mol. The Morgan fingerprint density at radius 1 is 0.184 bits per heavy atom. The molecule has 0 aliphatic heterocycles. The first-order valence-corrected chi connectivity index (χ1v) is 29.8. The van der Waals surface area contributed by atoms with Gasteiger partial charge < -0.3 is 14.4 Å². The van der Waals surface area contributed by atoms with E-state index in [0.717, 1.165) is 73.2 Å². The summed E-state index contributed by atoms with van der Waals surface area (Å²) in [6.07, 6.45) is 0. The number of hydrogen-bond donors (Lipinski definition) is 0. The smallest absolute Gasteiger partial charge is 0.0541 e. The fraction of sp³-hybridized carbons (Fsp3) is 0. The molecule has 1 aromatic heterocycles. The van der Waals surface area contributed by atoms with Crippen LogP contribution in [0.25, 0.3) is 105 Å². The fourth-order valence-electron chi connectivity index (χ4n) is 12.6. The third-order valence-electron chi connectivity index (χ3n) is 16.8. The van der Waals surface area contributed by atoms with Crippen molar-refractivity contribution in [3.05, 3.63) is 358 Å². The number of hydrogen-bond acceptors (Lipinski definition) is 2. The Kier molecular flexibility index (Phi) is 14.0. The van der Waals surface area contributed by atoms with Gasteiger partial charge in [0.1, 0.15) is 0 Å². The Hall–Kier alpha value is -11.5. The number of aromatic nitrogens is 1. The van der Waals surface area contributed by atoms with Crippen LogP contribution in [0.2, 0.25) is 0 Å². The van der Waals surface area contributed by atoms with Crippen LogP contribution < -0.4 is 9.80 Å². The van der Waals surface area contributed by atoms with Crippen molar-refractivity contribution in [3.8, 4) is 83.6 Å². The molecule has 0 spiro atoms. The SMILES string of the molecule is c1ccc(-c2ccc(N(c3ccc(-c4ccccc4)cc3)c3ccc(-c4c(-c5cccc(N(c6ccc(-c7ccccc7)cc6)c6ccc(-c7ccccc7)cc6)c5)cccc4-c4ccc5c(c4)c4ccccc4n5-c4ccccc4)cc3)cc2)cc1. The number of anilines is 6. The molecule has 0 N–H and O–H groups in total. The van der Waals surface area contributed by atoms with E-state index >= 15 is 0 Å². The number of nitrogens with zero attached hydrogens (tertiary/aromatic N) is 3. The summed E-state index contributed by atoms with van der Waals surface area (Å²) >= 11 is 0.